The standard InChI is InChI=1S/C30H22O10/c31-15-5-1-13(2-6-15)26-21(36)11-18-19(34)12-23-25(27(18)40-26)30(29(37)39-23)24-20(35)9-17(33)10-22(24)38-28(30)14-3-7-16(32)8-4-14/h1-10,12,21,26,28,31-36H,11H2/t21?,26?,28?,30-/m0/s1. The molecule has 4 aromatic carbocycles. The lowest BCUT2D eigenvalue weighted by atomic mass is 9.69. The Kier molecular flexibility index (Phi) is 4.92. The molecule has 0 aliphatic carbocycles. The maximum Gasteiger partial charge on any atom is 0.331 e. The van der Waals surface area contributed by atoms with Crippen LogP contribution < -0.4 is 14.2 Å². The third-order valence-corrected chi connectivity index (χ3v) is 7.77. The van der Waals surface area contributed by atoms with E-state index in [1.807, 2.05) is 0 Å². The van der Waals surface area contributed by atoms with Crippen molar-refractivity contribution in [2.75, 3.05) is 0 Å². The van der Waals surface area contributed by atoms with Gasteiger partial charge in [0, 0.05) is 30.2 Å². The van der Waals surface area contributed by atoms with Gasteiger partial charge in [-0.15, -0.1) is 0 Å². The van der Waals surface area contributed by atoms with Crippen LogP contribution in [-0.4, -0.2) is 42.7 Å². The average molecular weight is 542 g/mol. The van der Waals surface area contributed by atoms with E-state index in [1.54, 1.807) is 24.3 Å². The number of esters is 1. The van der Waals surface area contributed by atoms with Crippen LogP contribution >= 0.6 is 0 Å². The number of fused-ring (bicyclic) bond motifs is 6. The number of benzene rings is 4. The molecule has 0 amide bonds. The molecular weight excluding hydrogens is 520 g/mol. The minimum absolute atomic E-state index is 0.0143. The van der Waals surface area contributed by atoms with Gasteiger partial charge in [0.15, 0.2) is 5.41 Å². The van der Waals surface area contributed by atoms with E-state index >= 15 is 0 Å². The van der Waals surface area contributed by atoms with E-state index in [2.05, 4.69) is 0 Å². The molecule has 0 radical (unpaired) electrons. The van der Waals surface area contributed by atoms with Crippen molar-refractivity contribution < 1.29 is 49.6 Å². The molecule has 6 N–H and O–H groups in total. The van der Waals surface area contributed by atoms with Crippen molar-refractivity contribution in [3.8, 4) is 46.0 Å². The van der Waals surface area contributed by atoms with Gasteiger partial charge in [-0.1, -0.05) is 24.3 Å². The molecule has 1 spiro atoms. The number of carbonyl (C=O) groups excluding carboxylic acids is 1. The molecular formula is C30H22O10. The van der Waals surface area contributed by atoms with Crippen LogP contribution in [0.3, 0.4) is 0 Å². The van der Waals surface area contributed by atoms with Gasteiger partial charge in [-0.3, -0.25) is 4.79 Å². The van der Waals surface area contributed by atoms with Gasteiger partial charge in [-0.05, 0) is 35.4 Å². The van der Waals surface area contributed by atoms with Gasteiger partial charge in [0.2, 0.25) is 0 Å². The third kappa shape index (κ3) is 3.16. The highest BCUT2D eigenvalue weighted by Gasteiger charge is 2.66. The Morgan fingerprint density at radius 2 is 1.35 bits per heavy atom. The van der Waals surface area contributed by atoms with Crippen LogP contribution in [0.4, 0.5) is 0 Å². The molecule has 3 aliphatic heterocycles. The number of hydrogen-bond donors (Lipinski definition) is 6. The Morgan fingerprint density at radius 1 is 0.700 bits per heavy atom. The Bertz CT molecular complexity index is 1700. The van der Waals surface area contributed by atoms with Gasteiger partial charge in [0.05, 0.1) is 17.2 Å². The zero-order chi connectivity index (χ0) is 27.9. The van der Waals surface area contributed by atoms with Crippen LogP contribution in [0.25, 0.3) is 0 Å². The van der Waals surface area contributed by atoms with Crippen LogP contribution in [0, 0.1) is 0 Å². The smallest absolute Gasteiger partial charge is 0.331 e. The maximum absolute atomic E-state index is 14.0. The highest BCUT2D eigenvalue weighted by atomic mass is 16.6. The Hall–Kier alpha value is -5.09. The fourth-order valence-corrected chi connectivity index (χ4v) is 6.06. The number of carbonyl (C=O) groups is 1. The Labute approximate surface area is 226 Å². The predicted octanol–water partition coefficient (Wildman–Crippen LogP) is 3.59. The highest BCUT2D eigenvalue weighted by molar-refractivity contribution is 6.00. The lowest BCUT2D eigenvalue weighted by Gasteiger charge is -2.35. The normalized spacial score (nSPS) is 24.0. The Balaban J connectivity index is 1.51. The highest BCUT2D eigenvalue weighted by Crippen LogP contribution is 2.66. The number of phenols is 5. The van der Waals surface area contributed by atoms with Crippen molar-refractivity contribution in [3.63, 3.8) is 0 Å². The minimum Gasteiger partial charge on any atom is -0.508 e. The fourth-order valence-electron chi connectivity index (χ4n) is 6.06. The van der Waals surface area contributed by atoms with Crippen LogP contribution in [0.5, 0.6) is 46.0 Å². The topological polar surface area (TPSA) is 166 Å². The third-order valence-electron chi connectivity index (χ3n) is 7.77. The quantitative estimate of drug-likeness (QED) is 0.163. The van der Waals surface area contributed by atoms with Gasteiger partial charge >= 0.3 is 5.97 Å². The molecule has 7 rings (SSSR count). The average Bonchev–Trinajstić information content (AvgIpc) is 3.40. The molecule has 10 heteroatoms. The second kappa shape index (κ2) is 8.20. The van der Waals surface area contributed by atoms with Gasteiger partial charge in [-0.2, -0.15) is 0 Å². The second-order valence-corrected chi connectivity index (χ2v) is 10.1. The second-order valence-electron chi connectivity index (χ2n) is 10.1. The van der Waals surface area contributed by atoms with Crippen molar-refractivity contribution in [3.05, 3.63) is 94.5 Å². The molecule has 0 saturated carbocycles. The largest absolute Gasteiger partial charge is 0.508 e. The van der Waals surface area contributed by atoms with Gasteiger partial charge in [0.25, 0.3) is 0 Å². The molecule has 0 saturated heterocycles. The summed E-state index contributed by atoms with van der Waals surface area (Å²) < 4.78 is 18.3. The van der Waals surface area contributed by atoms with Crippen LogP contribution in [0.2, 0.25) is 0 Å². The number of hydrogen-bond acceptors (Lipinski definition) is 10. The Morgan fingerprint density at radius 3 is 2.02 bits per heavy atom. The first-order valence-electron chi connectivity index (χ1n) is 12.5. The van der Waals surface area contributed by atoms with Crippen LogP contribution in [-0.2, 0) is 16.6 Å². The van der Waals surface area contributed by atoms with Crippen molar-refractivity contribution in [1.82, 2.24) is 0 Å². The predicted molar refractivity (Wildman–Crippen MR) is 137 cm³/mol. The number of phenolic OH excluding ortho intramolecular Hbond substituents is 5. The zero-order valence-corrected chi connectivity index (χ0v) is 20.6. The van der Waals surface area contributed by atoms with E-state index in [0.29, 0.717) is 11.1 Å². The summed E-state index contributed by atoms with van der Waals surface area (Å²) in [5.74, 6) is -1.67. The summed E-state index contributed by atoms with van der Waals surface area (Å²) in [6.45, 7) is 0. The summed E-state index contributed by atoms with van der Waals surface area (Å²) in [7, 11) is 0. The summed E-state index contributed by atoms with van der Waals surface area (Å²) in [4.78, 5) is 14.0. The number of ether oxygens (including phenoxy) is 3. The van der Waals surface area contributed by atoms with E-state index < -0.39 is 35.4 Å². The molecule has 0 bridgehead atoms. The summed E-state index contributed by atoms with van der Waals surface area (Å²) in [5, 5.41) is 62.8. The molecule has 3 unspecified atom stereocenters. The van der Waals surface area contributed by atoms with E-state index in [1.165, 1.54) is 36.4 Å². The van der Waals surface area contributed by atoms with Crippen molar-refractivity contribution in [2.45, 2.75) is 30.1 Å². The fraction of sp³-hybridized carbons (Fsp3) is 0.167. The molecule has 4 atom stereocenters. The lowest BCUT2D eigenvalue weighted by Crippen LogP contribution is -2.40. The first-order valence-corrected chi connectivity index (χ1v) is 12.5. The number of aliphatic hydroxyl groups is 1. The first kappa shape index (κ1) is 24.0. The summed E-state index contributed by atoms with van der Waals surface area (Å²) in [6, 6.07) is 15.7. The number of rotatable bonds is 2. The molecule has 202 valence electrons. The van der Waals surface area contributed by atoms with Gasteiger partial charge in [0.1, 0.15) is 58.2 Å². The molecule has 40 heavy (non-hydrogen) atoms. The minimum atomic E-state index is -1.85. The van der Waals surface area contributed by atoms with E-state index in [4.69, 9.17) is 14.2 Å². The summed E-state index contributed by atoms with van der Waals surface area (Å²) in [6.07, 6.45) is -3.20. The number of aromatic hydroxyl groups is 5. The molecule has 4 aromatic rings. The maximum atomic E-state index is 14.0. The van der Waals surface area contributed by atoms with E-state index in [0.717, 1.165) is 6.07 Å². The zero-order valence-electron chi connectivity index (χ0n) is 20.6. The summed E-state index contributed by atoms with van der Waals surface area (Å²) >= 11 is 0. The van der Waals surface area contributed by atoms with Crippen LogP contribution in [0.1, 0.15) is 40.0 Å². The van der Waals surface area contributed by atoms with Crippen LogP contribution in [0.15, 0.2) is 66.7 Å². The van der Waals surface area contributed by atoms with E-state index in [-0.39, 0.29) is 63.4 Å². The lowest BCUT2D eigenvalue weighted by molar-refractivity contribution is -0.139. The molecule has 3 heterocycles. The van der Waals surface area contributed by atoms with E-state index in [9.17, 15) is 35.4 Å². The molecule has 10 nitrogen and oxygen atoms in total. The molecule has 0 aromatic heterocycles. The summed E-state index contributed by atoms with van der Waals surface area (Å²) in [5.41, 5.74) is -0.410. The first-order chi connectivity index (χ1) is 19.2. The SMILES string of the molecule is O=C1Oc2cc(O)c3c(c2[C@]12c1c(O)cc(O)cc1OC2c1ccc(O)cc1)OC(c1ccc(O)cc1)C(O)C3. The molecule has 0 fully saturated rings. The van der Waals surface area contributed by atoms with Crippen molar-refractivity contribution in [1.29, 1.82) is 0 Å². The molecule has 3 aliphatic rings. The van der Waals surface area contributed by atoms with Gasteiger partial charge < -0.3 is 44.8 Å². The monoisotopic (exact) mass is 542 g/mol. The van der Waals surface area contributed by atoms with Gasteiger partial charge in [-0.25, -0.2) is 0 Å². The number of aliphatic hydroxyl groups excluding tert-OH is 1. The van der Waals surface area contributed by atoms with Crippen molar-refractivity contribution in [2.24, 2.45) is 0 Å². The van der Waals surface area contributed by atoms with Crippen molar-refractivity contribution >= 4 is 5.97 Å².